The average molecular weight is 460 g/mol. The lowest BCUT2D eigenvalue weighted by atomic mass is 10.1. The van der Waals surface area contributed by atoms with Crippen LogP contribution in [-0.2, 0) is 4.79 Å². The molecule has 0 bridgehead atoms. The lowest BCUT2D eigenvalue weighted by Gasteiger charge is -2.13. The number of allylic oxidation sites excluding steroid dienone is 1. The number of ether oxygens (including phenoxy) is 2. The fourth-order valence-electron chi connectivity index (χ4n) is 2.60. The standard InChI is InChI=1S/C20H15BrFN3O4/c1-2-28-17-6-11(14(21)8-18(17)29-10-19(26)27)5-12(9-23)20-24-15-4-3-13(22)7-16(15)25-20/h3-8H,2,10H2,1H3,(H,24,25)(H,26,27)/b12-5-. The van der Waals surface area contributed by atoms with E-state index in [1.807, 2.05) is 0 Å². The van der Waals surface area contributed by atoms with Crippen molar-refractivity contribution in [1.82, 2.24) is 9.97 Å². The minimum Gasteiger partial charge on any atom is -0.490 e. The molecule has 3 rings (SSSR count). The van der Waals surface area contributed by atoms with Gasteiger partial charge in [-0.2, -0.15) is 5.26 Å². The van der Waals surface area contributed by atoms with E-state index in [1.165, 1.54) is 18.2 Å². The quantitative estimate of drug-likeness (QED) is 0.507. The lowest BCUT2D eigenvalue weighted by Crippen LogP contribution is -2.10. The number of imidazole rings is 1. The molecule has 0 radical (unpaired) electrons. The zero-order chi connectivity index (χ0) is 21.0. The highest BCUT2D eigenvalue weighted by Crippen LogP contribution is 2.35. The van der Waals surface area contributed by atoms with E-state index in [2.05, 4.69) is 32.0 Å². The van der Waals surface area contributed by atoms with Crippen molar-refractivity contribution >= 4 is 44.6 Å². The molecule has 0 saturated heterocycles. The molecule has 0 amide bonds. The Morgan fingerprint density at radius 2 is 2.10 bits per heavy atom. The van der Waals surface area contributed by atoms with Crippen LogP contribution < -0.4 is 9.47 Å². The zero-order valence-electron chi connectivity index (χ0n) is 15.2. The molecule has 1 heterocycles. The number of aliphatic carboxylic acids is 1. The first-order chi connectivity index (χ1) is 13.9. The highest BCUT2D eigenvalue weighted by atomic mass is 79.9. The summed E-state index contributed by atoms with van der Waals surface area (Å²) in [6, 6.07) is 9.40. The number of halogens is 2. The third kappa shape index (κ3) is 4.73. The maximum atomic E-state index is 13.4. The Labute approximate surface area is 173 Å². The molecule has 0 unspecified atom stereocenters. The second-order valence-corrected chi connectivity index (χ2v) is 6.71. The highest BCUT2D eigenvalue weighted by molar-refractivity contribution is 9.10. The van der Waals surface area contributed by atoms with Crippen LogP contribution in [0.15, 0.2) is 34.8 Å². The molecule has 29 heavy (non-hydrogen) atoms. The van der Waals surface area contributed by atoms with Crippen LogP contribution >= 0.6 is 15.9 Å². The molecule has 0 atom stereocenters. The molecular formula is C20H15BrFN3O4. The van der Waals surface area contributed by atoms with Gasteiger partial charge in [0.25, 0.3) is 0 Å². The zero-order valence-corrected chi connectivity index (χ0v) is 16.8. The van der Waals surface area contributed by atoms with Crippen LogP contribution in [0.4, 0.5) is 4.39 Å². The van der Waals surface area contributed by atoms with Gasteiger partial charge in [-0.1, -0.05) is 15.9 Å². The van der Waals surface area contributed by atoms with E-state index in [4.69, 9.17) is 14.6 Å². The average Bonchev–Trinajstić information content (AvgIpc) is 3.09. The third-order valence-corrected chi connectivity index (χ3v) is 4.52. The van der Waals surface area contributed by atoms with Crippen molar-refractivity contribution in [3.8, 4) is 17.6 Å². The molecule has 0 spiro atoms. The number of aromatic amines is 1. The maximum Gasteiger partial charge on any atom is 0.341 e. The van der Waals surface area contributed by atoms with Gasteiger partial charge in [0.05, 0.1) is 23.2 Å². The topological polar surface area (TPSA) is 108 Å². The summed E-state index contributed by atoms with van der Waals surface area (Å²) in [5.74, 6) is -0.621. The van der Waals surface area contributed by atoms with E-state index in [-0.39, 0.29) is 11.3 Å². The molecule has 148 valence electrons. The number of carboxylic acids is 1. The van der Waals surface area contributed by atoms with E-state index < -0.39 is 18.4 Å². The fourth-order valence-corrected chi connectivity index (χ4v) is 3.04. The summed E-state index contributed by atoms with van der Waals surface area (Å²) in [5, 5.41) is 18.4. The normalized spacial score (nSPS) is 11.3. The van der Waals surface area contributed by atoms with E-state index >= 15 is 0 Å². The van der Waals surface area contributed by atoms with E-state index in [1.54, 1.807) is 25.1 Å². The van der Waals surface area contributed by atoms with E-state index in [9.17, 15) is 14.4 Å². The van der Waals surface area contributed by atoms with Gasteiger partial charge in [-0.3, -0.25) is 0 Å². The van der Waals surface area contributed by atoms with Crippen LogP contribution in [0.2, 0.25) is 0 Å². The lowest BCUT2D eigenvalue weighted by molar-refractivity contribution is -0.139. The van der Waals surface area contributed by atoms with Crippen molar-refractivity contribution in [2.75, 3.05) is 13.2 Å². The summed E-state index contributed by atoms with van der Waals surface area (Å²) in [4.78, 5) is 18.0. The summed E-state index contributed by atoms with van der Waals surface area (Å²) >= 11 is 3.40. The number of benzene rings is 2. The maximum absolute atomic E-state index is 13.4. The van der Waals surface area contributed by atoms with Crippen LogP contribution in [0.1, 0.15) is 18.3 Å². The van der Waals surface area contributed by atoms with Gasteiger partial charge in [0, 0.05) is 4.47 Å². The number of rotatable bonds is 7. The van der Waals surface area contributed by atoms with Gasteiger partial charge in [-0.15, -0.1) is 0 Å². The van der Waals surface area contributed by atoms with Crippen LogP contribution in [0.5, 0.6) is 11.5 Å². The summed E-state index contributed by atoms with van der Waals surface area (Å²) in [6.07, 6.45) is 1.58. The van der Waals surface area contributed by atoms with Gasteiger partial charge in [0.15, 0.2) is 18.1 Å². The second kappa shape index (κ2) is 8.75. The fraction of sp³-hybridized carbons (Fsp3) is 0.150. The Balaban J connectivity index is 2.02. The van der Waals surface area contributed by atoms with Crippen molar-refractivity contribution < 1.29 is 23.8 Å². The molecule has 2 aromatic carbocycles. The molecule has 0 aliphatic heterocycles. The monoisotopic (exact) mass is 459 g/mol. The van der Waals surface area contributed by atoms with Gasteiger partial charge in [0.2, 0.25) is 0 Å². The Morgan fingerprint density at radius 1 is 1.34 bits per heavy atom. The van der Waals surface area contributed by atoms with Gasteiger partial charge >= 0.3 is 5.97 Å². The first kappa shape index (κ1) is 20.4. The van der Waals surface area contributed by atoms with Crippen LogP contribution in [-0.4, -0.2) is 34.3 Å². The number of fused-ring (bicyclic) bond motifs is 1. The summed E-state index contributed by atoms with van der Waals surface area (Å²) in [5.41, 5.74) is 1.84. The van der Waals surface area contributed by atoms with Crippen LogP contribution in [0.25, 0.3) is 22.7 Å². The Kier molecular flexibility index (Phi) is 6.14. The first-order valence-electron chi connectivity index (χ1n) is 8.49. The molecule has 0 fully saturated rings. The molecule has 7 nitrogen and oxygen atoms in total. The number of aromatic nitrogens is 2. The molecule has 2 N–H and O–H groups in total. The molecule has 1 aromatic heterocycles. The minimum atomic E-state index is -1.11. The van der Waals surface area contributed by atoms with Crippen LogP contribution in [0.3, 0.4) is 0 Å². The summed E-state index contributed by atoms with van der Waals surface area (Å²) in [7, 11) is 0. The van der Waals surface area contributed by atoms with Gasteiger partial charge in [0.1, 0.15) is 17.7 Å². The van der Waals surface area contributed by atoms with Crippen molar-refractivity contribution in [2.24, 2.45) is 0 Å². The molecule has 3 aromatic rings. The SMILES string of the molecule is CCOc1cc(/C=C(/C#N)c2nc3ccc(F)cc3[nH]2)c(Br)cc1OCC(=O)O. The number of nitrogens with zero attached hydrogens (tertiary/aromatic N) is 2. The highest BCUT2D eigenvalue weighted by Gasteiger charge is 2.14. The summed E-state index contributed by atoms with van der Waals surface area (Å²) < 4.78 is 24.8. The predicted molar refractivity (Wildman–Crippen MR) is 108 cm³/mol. The smallest absolute Gasteiger partial charge is 0.341 e. The van der Waals surface area contributed by atoms with Crippen molar-refractivity contribution in [3.05, 3.63) is 52.0 Å². The summed E-state index contributed by atoms with van der Waals surface area (Å²) in [6.45, 7) is 1.61. The van der Waals surface area contributed by atoms with Crippen molar-refractivity contribution in [3.63, 3.8) is 0 Å². The largest absolute Gasteiger partial charge is 0.490 e. The number of carboxylic acid groups (broad SMARTS) is 1. The van der Waals surface area contributed by atoms with Crippen molar-refractivity contribution in [2.45, 2.75) is 6.92 Å². The van der Waals surface area contributed by atoms with Gasteiger partial charge < -0.3 is 19.6 Å². The minimum absolute atomic E-state index is 0.226. The molecule has 0 saturated carbocycles. The number of hydrogen-bond acceptors (Lipinski definition) is 5. The van der Waals surface area contributed by atoms with Gasteiger partial charge in [-0.25, -0.2) is 14.2 Å². The van der Waals surface area contributed by atoms with Crippen LogP contribution in [0, 0.1) is 17.1 Å². The molecule has 0 aliphatic rings. The first-order valence-corrected chi connectivity index (χ1v) is 9.29. The molecule has 9 heteroatoms. The number of carbonyl (C=O) groups is 1. The molecular weight excluding hydrogens is 445 g/mol. The number of nitriles is 1. The van der Waals surface area contributed by atoms with E-state index in [0.29, 0.717) is 39.3 Å². The number of hydrogen-bond donors (Lipinski definition) is 2. The van der Waals surface area contributed by atoms with Crippen molar-refractivity contribution in [1.29, 1.82) is 5.26 Å². The Hall–Kier alpha value is -3.38. The number of H-pyrrole nitrogens is 1. The van der Waals surface area contributed by atoms with Gasteiger partial charge in [-0.05, 0) is 48.9 Å². The third-order valence-electron chi connectivity index (χ3n) is 3.83. The predicted octanol–water partition coefficient (Wildman–Crippen LogP) is 4.39. The second-order valence-electron chi connectivity index (χ2n) is 5.85. The number of nitrogens with one attached hydrogen (secondary N) is 1. The molecule has 0 aliphatic carbocycles. The Bertz CT molecular complexity index is 1150. The Morgan fingerprint density at radius 3 is 2.79 bits per heavy atom. The van der Waals surface area contributed by atoms with E-state index in [0.717, 1.165) is 0 Å².